The third kappa shape index (κ3) is 5.96. The Kier molecular flexibility index (Phi) is 6.94. The quantitative estimate of drug-likeness (QED) is 0.779. The first-order chi connectivity index (χ1) is 14.3. The van der Waals surface area contributed by atoms with Crippen molar-refractivity contribution < 1.29 is 27.5 Å². The monoisotopic (exact) mass is 421 g/mol. The van der Waals surface area contributed by atoms with Gasteiger partial charge in [-0.3, -0.25) is 14.5 Å². The fraction of sp³-hybridized carbons (Fsp3) is 0.333. The highest BCUT2D eigenvalue weighted by Gasteiger charge is 2.33. The van der Waals surface area contributed by atoms with Crippen molar-refractivity contribution >= 4 is 17.5 Å². The van der Waals surface area contributed by atoms with Crippen LogP contribution in [0.1, 0.15) is 5.56 Å². The molecule has 160 valence electrons. The van der Waals surface area contributed by atoms with Gasteiger partial charge in [-0.1, -0.05) is 30.3 Å². The van der Waals surface area contributed by atoms with Gasteiger partial charge in [-0.25, -0.2) is 0 Å². The van der Waals surface area contributed by atoms with Crippen LogP contribution in [0.4, 0.5) is 18.9 Å². The second kappa shape index (κ2) is 9.62. The molecule has 30 heavy (non-hydrogen) atoms. The van der Waals surface area contributed by atoms with E-state index in [2.05, 4.69) is 5.32 Å². The van der Waals surface area contributed by atoms with E-state index in [1.54, 1.807) is 21.9 Å². The molecular formula is C21H22F3N3O3. The fourth-order valence-electron chi connectivity index (χ4n) is 3.14. The molecule has 0 radical (unpaired) electrons. The third-order valence-electron chi connectivity index (χ3n) is 4.70. The zero-order valence-electron chi connectivity index (χ0n) is 16.2. The molecule has 0 spiro atoms. The van der Waals surface area contributed by atoms with E-state index in [0.717, 1.165) is 6.07 Å². The van der Waals surface area contributed by atoms with Gasteiger partial charge in [0.25, 0.3) is 5.91 Å². The Hall–Kier alpha value is -3.07. The molecular weight excluding hydrogens is 399 g/mol. The number of hydrogen-bond donors (Lipinski definition) is 1. The summed E-state index contributed by atoms with van der Waals surface area (Å²) in [6, 6.07) is 13.9. The van der Waals surface area contributed by atoms with Crippen LogP contribution in [0.5, 0.6) is 5.75 Å². The van der Waals surface area contributed by atoms with Gasteiger partial charge in [-0.05, 0) is 24.3 Å². The Morgan fingerprint density at radius 1 is 0.933 bits per heavy atom. The second-order valence-electron chi connectivity index (χ2n) is 6.85. The number of hydrogen-bond acceptors (Lipinski definition) is 4. The van der Waals surface area contributed by atoms with Crippen molar-refractivity contribution in [2.45, 2.75) is 6.18 Å². The minimum absolute atomic E-state index is 0.0469. The molecule has 1 N–H and O–H groups in total. The molecule has 0 saturated carbocycles. The predicted octanol–water partition coefficient (Wildman–Crippen LogP) is 2.87. The summed E-state index contributed by atoms with van der Waals surface area (Å²) < 4.78 is 44.6. The largest absolute Gasteiger partial charge is 0.484 e. The molecule has 2 aromatic rings. The Morgan fingerprint density at radius 3 is 2.23 bits per heavy atom. The highest BCUT2D eigenvalue weighted by Crippen LogP contribution is 2.34. The van der Waals surface area contributed by atoms with Crippen molar-refractivity contribution in [1.82, 2.24) is 9.80 Å². The molecule has 3 rings (SSSR count). The zero-order chi connectivity index (χ0) is 21.6. The van der Waals surface area contributed by atoms with Crippen LogP contribution in [0, 0.1) is 0 Å². The summed E-state index contributed by atoms with van der Waals surface area (Å²) in [7, 11) is 0. The maximum absolute atomic E-state index is 13.0. The highest BCUT2D eigenvalue weighted by atomic mass is 19.4. The number of nitrogens with zero attached hydrogens (tertiary/aromatic N) is 2. The summed E-state index contributed by atoms with van der Waals surface area (Å²) in [6.45, 7) is 1.62. The van der Waals surface area contributed by atoms with Crippen molar-refractivity contribution in [2.24, 2.45) is 0 Å². The number of benzene rings is 2. The number of carbonyl (C=O) groups excluding carboxylic acids is 2. The molecule has 1 heterocycles. The molecule has 0 aliphatic carbocycles. The normalized spacial score (nSPS) is 15.0. The Balaban J connectivity index is 1.44. The molecule has 1 fully saturated rings. The van der Waals surface area contributed by atoms with Gasteiger partial charge in [0, 0.05) is 26.2 Å². The SMILES string of the molecule is O=C(CN1CCN(C(=O)COc2ccccc2)CC1)Nc1ccccc1C(F)(F)F. The summed E-state index contributed by atoms with van der Waals surface area (Å²) in [6.07, 6.45) is -4.54. The molecule has 1 aliphatic heterocycles. The van der Waals surface area contributed by atoms with Crippen molar-refractivity contribution in [3.05, 3.63) is 60.2 Å². The van der Waals surface area contributed by atoms with Crippen molar-refractivity contribution in [1.29, 1.82) is 0 Å². The maximum Gasteiger partial charge on any atom is 0.418 e. The lowest BCUT2D eigenvalue weighted by atomic mass is 10.1. The molecule has 0 aromatic heterocycles. The van der Waals surface area contributed by atoms with Crippen LogP contribution >= 0.6 is 0 Å². The Labute approximate surface area is 172 Å². The number of nitrogens with one attached hydrogen (secondary N) is 1. The van der Waals surface area contributed by atoms with Crippen molar-refractivity contribution in [2.75, 3.05) is 44.6 Å². The lowest BCUT2D eigenvalue weighted by Crippen LogP contribution is -2.51. The number of halogens is 3. The van der Waals surface area contributed by atoms with E-state index in [0.29, 0.717) is 31.9 Å². The van der Waals surface area contributed by atoms with Gasteiger partial charge in [-0.2, -0.15) is 13.2 Å². The van der Waals surface area contributed by atoms with E-state index in [1.807, 2.05) is 18.2 Å². The van der Waals surface area contributed by atoms with Gasteiger partial charge in [0.2, 0.25) is 5.91 Å². The summed E-state index contributed by atoms with van der Waals surface area (Å²) >= 11 is 0. The smallest absolute Gasteiger partial charge is 0.418 e. The van der Waals surface area contributed by atoms with Crippen molar-refractivity contribution in [3.8, 4) is 5.75 Å². The zero-order valence-corrected chi connectivity index (χ0v) is 16.2. The molecule has 0 bridgehead atoms. The molecule has 6 nitrogen and oxygen atoms in total. The Bertz CT molecular complexity index is 867. The second-order valence-corrected chi connectivity index (χ2v) is 6.85. The van der Waals surface area contributed by atoms with Crippen LogP contribution in [0.3, 0.4) is 0 Å². The van der Waals surface area contributed by atoms with E-state index >= 15 is 0 Å². The molecule has 1 aliphatic rings. The fourth-order valence-corrected chi connectivity index (χ4v) is 3.14. The van der Waals surface area contributed by atoms with E-state index in [4.69, 9.17) is 4.74 Å². The number of piperazine rings is 1. The summed E-state index contributed by atoms with van der Waals surface area (Å²) in [5.74, 6) is -0.0683. The standard InChI is InChI=1S/C21H22F3N3O3/c22-21(23,24)17-8-4-5-9-18(17)25-19(28)14-26-10-12-27(13-11-26)20(29)15-30-16-6-2-1-3-7-16/h1-9H,10-15H2,(H,25,28). The van der Waals surface area contributed by atoms with E-state index < -0.39 is 17.6 Å². The van der Waals surface area contributed by atoms with Crippen molar-refractivity contribution in [3.63, 3.8) is 0 Å². The molecule has 9 heteroatoms. The minimum Gasteiger partial charge on any atom is -0.484 e. The third-order valence-corrected chi connectivity index (χ3v) is 4.70. The van der Waals surface area contributed by atoms with Crippen LogP contribution in [0.2, 0.25) is 0 Å². The summed E-state index contributed by atoms with van der Waals surface area (Å²) in [4.78, 5) is 27.9. The number of alkyl halides is 3. The maximum atomic E-state index is 13.0. The molecule has 0 unspecified atom stereocenters. The van der Waals surface area contributed by atoms with Crippen LogP contribution in [0.15, 0.2) is 54.6 Å². The first-order valence-electron chi connectivity index (χ1n) is 9.47. The molecule has 2 aromatic carbocycles. The number of ether oxygens (including phenoxy) is 1. The first kappa shape index (κ1) is 21.6. The predicted molar refractivity (Wildman–Crippen MR) is 105 cm³/mol. The Morgan fingerprint density at radius 2 is 1.57 bits per heavy atom. The van der Waals surface area contributed by atoms with E-state index in [1.165, 1.54) is 18.2 Å². The summed E-state index contributed by atoms with van der Waals surface area (Å²) in [5, 5.41) is 2.34. The van der Waals surface area contributed by atoms with Gasteiger partial charge < -0.3 is 15.0 Å². The lowest BCUT2D eigenvalue weighted by Gasteiger charge is -2.34. The average Bonchev–Trinajstić information content (AvgIpc) is 2.73. The number of para-hydroxylation sites is 2. The number of anilines is 1. The minimum atomic E-state index is -4.54. The van der Waals surface area contributed by atoms with Gasteiger partial charge >= 0.3 is 6.18 Å². The van der Waals surface area contributed by atoms with E-state index in [-0.39, 0.29) is 24.7 Å². The first-order valence-corrected chi connectivity index (χ1v) is 9.47. The van der Waals surface area contributed by atoms with Crippen LogP contribution in [-0.2, 0) is 15.8 Å². The number of amides is 2. The summed E-state index contributed by atoms with van der Waals surface area (Å²) in [5.41, 5.74) is -1.14. The van der Waals surface area contributed by atoms with Crippen LogP contribution < -0.4 is 10.1 Å². The van der Waals surface area contributed by atoms with E-state index in [9.17, 15) is 22.8 Å². The van der Waals surface area contributed by atoms with Crippen LogP contribution in [-0.4, -0.2) is 60.9 Å². The molecule has 0 atom stereocenters. The number of carbonyl (C=O) groups is 2. The number of rotatable bonds is 6. The van der Waals surface area contributed by atoms with Crippen LogP contribution in [0.25, 0.3) is 0 Å². The van der Waals surface area contributed by atoms with Gasteiger partial charge in [0.1, 0.15) is 5.75 Å². The lowest BCUT2D eigenvalue weighted by molar-refractivity contribution is -0.137. The molecule has 1 saturated heterocycles. The van der Waals surface area contributed by atoms with Gasteiger partial charge in [0.15, 0.2) is 6.61 Å². The topological polar surface area (TPSA) is 61.9 Å². The average molecular weight is 421 g/mol. The van der Waals surface area contributed by atoms with Gasteiger partial charge in [-0.15, -0.1) is 0 Å². The molecule has 2 amide bonds. The van der Waals surface area contributed by atoms with Gasteiger partial charge in [0.05, 0.1) is 17.8 Å². The highest BCUT2D eigenvalue weighted by molar-refractivity contribution is 5.93.